The smallest absolute Gasteiger partial charge is 0.0648 e. The Balaban J connectivity index is 0.000000207. The zero-order valence-electron chi connectivity index (χ0n) is 124. The quantitative estimate of drug-likeness (QED) is 0.0959. The lowest BCUT2D eigenvalue weighted by atomic mass is 9.82. The molecule has 2 atom stereocenters. The van der Waals surface area contributed by atoms with Crippen molar-refractivity contribution in [3.8, 4) is 89.0 Å². The first-order valence-electron chi connectivity index (χ1n) is 67.9. The van der Waals surface area contributed by atoms with Crippen LogP contribution in [-0.2, 0) is 23.9 Å². The molecule has 2 aromatic heterocycles. The molecular formula is C116H88N4. The molecule has 2 aliphatic rings. The van der Waals surface area contributed by atoms with Crippen molar-refractivity contribution >= 4 is 77.7 Å². The van der Waals surface area contributed by atoms with E-state index in [0.29, 0.717) is 16.8 Å². The van der Waals surface area contributed by atoms with Crippen LogP contribution < -0.4 is 9.80 Å². The van der Waals surface area contributed by atoms with Crippen LogP contribution in [0, 0.1) is 0 Å². The van der Waals surface area contributed by atoms with Gasteiger partial charge in [-0.2, -0.15) is 0 Å². The molecule has 20 aromatic rings. The van der Waals surface area contributed by atoms with Crippen LogP contribution >= 0.6 is 0 Å². The minimum Gasteiger partial charge on any atom is -0.336 e. The fraction of sp³-hybridized carbons (Fsp3) is 0.0690. The molecular weight excluding hydrogens is 1450 g/mol. The lowest BCUT2D eigenvalue weighted by molar-refractivity contribution is 0.660. The van der Waals surface area contributed by atoms with Crippen LogP contribution in [0.2, 0.25) is 0 Å². The van der Waals surface area contributed by atoms with Gasteiger partial charge in [0.1, 0.15) is 0 Å². The Morgan fingerprint density at radius 3 is 1.31 bits per heavy atom. The summed E-state index contributed by atoms with van der Waals surface area (Å²) in [5.74, 6) is 0. The van der Waals surface area contributed by atoms with Gasteiger partial charge in [0.2, 0.25) is 0 Å². The van der Waals surface area contributed by atoms with Crippen molar-refractivity contribution in [3.05, 3.63) is 469 Å². The first-order chi connectivity index (χ1) is 84.9. The van der Waals surface area contributed by atoms with Crippen LogP contribution in [0.1, 0.15) is 146 Å². The first-order valence-corrected chi connectivity index (χ1v) is 36.9. The summed E-state index contributed by atoms with van der Waals surface area (Å²) in [4.78, 5) is 0.786. The Labute approximate surface area is 789 Å². The van der Waals surface area contributed by atoms with Crippen LogP contribution in [0.15, 0.2) is 435 Å². The minimum absolute atomic E-state index is 0.183. The van der Waals surface area contributed by atoms with E-state index in [4.69, 9.17) is 52.1 Å². The van der Waals surface area contributed by atoms with Gasteiger partial charge in [-0.1, -0.05) is 354 Å². The molecule has 4 heteroatoms. The lowest BCUT2D eigenvalue weighted by Gasteiger charge is -2.30. The molecule has 572 valence electrons. The van der Waals surface area contributed by atoms with Crippen LogP contribution in [0.3, 0.4) is 0 Å². The fourth-order valence-corrected chi connectivity index (χ4v) is 15.0. The maximum atomic E-state index is 10.2. The van der Waals surface area contributed by atoms with Crippen molar-refractivity contribution in [2.75, 3.05) is 9.80 Å². The number of anilines is 6. The Morgan fingerprint density at radius 2 is 0.692 bits per heavy atom. The lowest BCUT2D eigenvalue weighted by Crippen LogP contribution is -2.16. The molecule has 0 radical (unpaired) electrons. The summed E-state index contributed by atoms with van der Waals surface area (Å²) in [7, 11) is 0. The van der Waals surface area contributed by atoms with E-state index in [0.717, 1.165) is 51.5 Å². The highest BCUT2D eigenvalue weighted by molar-refractivity contribution is 6.11. The molecule has 4 nitrogen and oxygen atoms in total. The number of benzene rings is 18. The first kappa shape index (κ1) is 32.6. The summed E-state index contributed by atoms with van der Waals surface area (Å²) in [6, 6.07) is -27.8. The van der Waals surface area contributed by atoms with Crippen LogP contribution in [-0.4, -0.2) is 9.13 Å². The molecule has 22 rings (SSSR count). The van der Waals surface area contributed by atoms with E-state index < -0.39 is 520 Å². The summed E-state index contributed by atoms with van der Waals surface area (Å²) >= 11 is 0. The van der Waals surface area contributed by atoms with Gasteiger partial charge in [0, 0.05) is 110 Å². The number of rotatable bonds is 16. The SMILES string of the molecule is [2H]c1c([2H])c([2H])c(-c2c([2H])c([2H])c([2H])c(Cn3c4c([2H])c([2H])c([2H])c([2H])c4c4c([2H])c(-c5c([2H])c([2H])c(N(c6c([2H])c([2H])c7c(c6[2H])C(C)(C([2H])([2H])[2H])c6c([2H])c([2H])c([2H])c([2H])c6-7)c6c([2H])c([2H])c([2H])c([2H])c6-c6c([2H])c([2H])c([2H])c([2H])c6[2H])c([2H])c5[2H])c([2H])c([2H])c43)c2[2H])c([2H])c1[2H].[2H]c1c([2H])c([2H])c(-c2c([2H])c([2H])c([2H])c([2H])c2N(c2c([2H])c([2H])c(-c3ccc4c(c3)c3ccccc3n4Cc3cccc(-c4ccccc4)c3)c([2H])c2[2H])c2c([2H])c([2H])c3c(c2[2H])C(C)(C([2H])([2H])[2H])c2c([2H])c([2H])c([2H])c([2H])c2-3)c([2H])c1[2H]. The van der Waals surface area contributed by atoms with Crippen molar-refractivity contribution in [2.24, 2.45) is 0 Å². The Kier molecular flexibility index (Phi) is 8.23. The number of aromatic nitrogens is 2. The molecule has 2 heterocycles. The molecule has 2 unspecified atom stereocenters. The van der Waals surface area contributed by atoms with E-state index in [1.807, 2.05) is 72.8 Å². The monoisotopic (exact) mass is 1600 g/mol. The zero-order chi connectivity index (χ0) is 134. The average Bonchev–Trinajstić information content (AvgIpc) is 1.51. The molecule has 120 heavy (non-hydrogen) atoms. The van der Waals surface area contributed by atoms with Gasteiger partial charge in [0.25, 0.3) is 0 Å². The Bertz CT molecular complexity index is 11000. The van der Waals surface area contributed by atoms with Crippen molar-refractivity contribution in [2.45, 2.75) is 51.5 Å². The van der Waals surface area contributed by atoms with Gasteiger partial charge >= 0.3 is 0 Å². The third-order valence-corrected chi connectivity index (χ3v) is 20.6. The van der Waals surface area contributed by atoms with Crippen molar-refractivity contribution in [3.63, 3.8) is 0 Å². The number of hydrogen-bond donors (Lipinski definition) is 0. The highest BCUT2D eigenvalue weighted by atomic mass is 15.2. The van der Waals surface area contributed by atoms with E-state index in [-0.39, 0.29) is 16.0 Å². The molecule has 0 spiro atoms. The number of nitrogens with zero attached hydrogens (tertiary/aromatic N) is 4. The summed E-state index contributed by atoms with van der Waals surface area (Å²) in [5.41, 5.74) is -22.6. The predicted molar refractivity (Wildman–Crippen MR) is 507 cm³/mol. The molecule has 0 saturated carbocycles. The molecule has 0 saturated heterocycles. The second-order valence-corrected chi connectivity index (χ2v) is 27.8. The Hall–Kier alpha value is -14.8. The minimum atomic E-state index is -3.50. The van der Waals surface area contributed by atoms with Gasteiger partial charge in [-0.3, -0.25) is 0 Å². The number of fused-ring (bicyclic) bond motifs is 12. The normalized spacial score (nSPS) is 21.8. The number of para-hydroxylation sites is 4. The highest BCUT2D eigenvalue weighted by Gasteiger charge is 2.38. The zero-order valence-corrected chi connectivity index (χ0v) is 62.4. The third kappa shape index (κ3) is 13.1. The summed E-state index contributed by atoms with van der Waals surface area (Å²) in [5, 5.41) is 0.104. The molecule has 0 amide bonds. The van der Waals surface area contributed by atoms with Crippen LogP contribution in [0.4, 0.5) is 34.1 Å². The maximum Gasteiger partial charge on any atom is 0.0648 e. The second-order valence-electron chi connectivity index (χ2n) is 27.8. The predicted octanol–water partition coefficient (Wildman–Crippen LogP) is 31.2. The fourth-order valence-electron chi connectivity index (χ4n) is 15.0. The van der Waals surface area contributed by atoms with Gasteiger partial charge in [-0.05, 0) is 220 Å². The molecule has 0 fully saturated rings. The molecule has 0 N–H and O–H groups in total. The maximum absolute atomic E-state index is 10.2. The largest absolute Gasteiger partial charge is 0.336 e. The summed E-state index contributed by atoms with van der Waals surface area (Å²) in [6.45, 7) is -5.47. The van der Waals surface area contributed by atoms with E-state index >= 15 is 0 Å². The van der Waals surface area contributed by atoms with Gasteiger partial charge < -0.3 is 18.9 Å². The highest BCUT2D eigenvalue weighted by Crippen LogP contribution is 2.54. The van der Waals surface area contributed by atoms with E-state index in [2.05, 4.69) is 10.6 Å². The van der Waals surface area contributed by atoms with Crippen molar-refractivity contribution < 1.29 is 85.0 Å². The van der Waals surface area contributed by atoms with Gasteiger partial charge in [-0.15, -0.1) is 0 Å². The topological polar surface area (TPSA) is 16.3 Å². The van der Waals surface area contributed by atoms with E-state index in [1.54, 1.807) is 18.2 Å². The van der Waals surface area contributed by atoms with Crippen molar-refractivity contribution in [1.29, 1.82) is 0 Å². The molecule has 0 aliphatic heterocycles. The molecule has 2 aliphatic carbocycles. The average molecular weight is 1600 g/mol. The summed E-state index contributed by atoms with van der Waals surface area (Å²) in [6.07, 6.45) is 0. The second kappa shape index (κ2) is 30.3. The standard InChI is InChI=1S/2C58H44N2/c2*1-58(2)53-25-12-9-23-49(53)50-34-33-47(38-54(50)58)60(57-27-14-10-22-48(57)43-19-7-4-8-20-43)46-31-28-42(29-32-46)45-30-35-56-52(37-45)51-24-11-13-26-55(51)59(56)39-40-16-15-21-44(36-40)41-17-5-3-6-18-41/h2*3-38H,39H2,1-2H3/i1D3,3D,4D,5D,6D,7D,8D,9D,10D,11D,12D,13D,14D,15D,16D,17D,18D,19D,20D,21D,22D,23D,24D,25D,26D,27D,28D,29D,30D,31D,32D,33D,34D,35D,36D,37D,38D;1D3,4D,7D,8D,9D,10D,12D,14D,19D,20D,22D,23D,25D,27D,28D,29D,31D,32D,33D,34D,38D. The van der Waals surface area contributed by atoms with E-state index in [9.17, 15) is 32.9 Å². The van der Waals surface area contributed by atoms with Crippen molar-refractivity contribution in [1.82, 2.24) is 9.13 Å². The molecule has 0 bridgehead atoms. The number of hydrogen-bond acceptors (Lipinski definition) is 2. The van der Waals surface area contributed by atoms with Gasteiger partial charge in [-0.25, -0.2) is 0 Å². The van der Waals surface area contributed by atoms with Crippen LogP contribution in [0.25, 0.3) is 133 Å². The van der Waals surface area contributed by atoms with Gasteiger partial charge in [0.05, 0.1) is 88.1 Å². The third-order valence-electron chi connectivity index (χ3n) is 20.6. The van der Waals surface area contributed by atoms with Crippen LogP contribution in [0.5, 0.6) is 0 Å². The Morgan fingerprint density at radius 1 is 0.250 bits per heavy atom. The van der Waals surface area contributed by atoms with E-state index in [1.165, 1.54) is 0 Å². The van der Waals surface area contributed by atoms with Gasteiger partial charge in [0.15, 0.2) is 0 Å². The molecule has 18 aromatic carbocycles. The summed E-state index contributed by atoms with van der Waals surface area (Å²) < 4.78 is 570.